The van der Waals surface area contributed by atoms with E-state index >= 15 is 0 Å². The van der Waals surface area contributed by atoms with Crippen molar-refractivity contribution >= 4 is 23.3 Å². The standard InChI is InChI=1S/C14H15FN2O4/c1-8-5-9-12(10(15)6-8)17(14(20)13(9)19)7-11(18)16-3-4-21-2/h5-6H,3-4,7H2,1-2H3,(H,16,18). The first-order valence-electron chi connectivity index (χ1n) is 6.37. The molecule has 0 fully saturated rings. The first-order valence-corrected chi connectivity index (χ1v) is 6.37. The van der Waals surface area contributed by atoms with Gasteiger partial charge in [-0.15, -0.1) is 0 Å². The SMILES string of the molecule is COCCNC(=O)CN1C(=O)C(=O)c2cc(C)cc(F)c21. The number of carbonyl (C=O) groups excluding carboxylic acids is 3. The van der Waals surface area contributed by atoms with Gasteiger partial charge in [0.1, 0.15) is 12.4 Å². The van der Waals surface area contributed by atoms with Gasteiger partial charge in [0.2, 0.25) is 5.91 Å². The van der Waals surface area contributed by atoms with Crippen molar-refractivity contribution in [1.82, 2.24) is 5.32 Å². The largest absolute Gasteiger partial charge is 0.383 e. The molecule has 0 radical (unpaired) electrons. The van der Waals surface area contributed by atoms with Gasteiger partial charge in [-0.25, -0.2) is 4.39 Å². The summed E-state index contributed by atoms with van der Waals surface area (Å²) in [7, 11) is 1.49. The number of methoxy groups -OCH3 is 1. The molecule has 1 aliphatic rings. The first-order chi connectivity index (χ1) is 9.95. The van der Waals surface area contributed by atoms with Gasteiger partial charge >= 0.3 is 0 Å². The predicted molar refractivity (Wildman–Crippen MR) is 72.7 cm³/mol. The van der Waals surface area contributed by atoms with Gasteiger partial charge in [0, 0.05) is 13.7 Å². The minimum Gasteiger partial charge on any atom is -0.383 e. The van der Waals surface area contributed by atoms with E-state index in [1.54, 1.807) is 6.92 Å². The molecule has 0 unspecified atom stereocenters. The summed E-state index contributed by atoms with van der Waals surface area (Å²) in [6.07, 6.45) is 0. The highest BCUT2D eigenvalue weighted by Crippen LogP contribution is 2.32. The number of amides is 2. The summed E-state index contributed by atoms with van der Waals surface area (Å²) in [6, 6.07) is 2.67. The summed E-state index contributed by atoms with van der Waals surface area (Å²) in [5.74, 6) is -2.86. The first kappa shape index (κ1) is 15.1. The Labute approximate surface area is 120 Å². The maximum Gasteiger partial charge on any atom is 0.300 e. The lowest BCUT2D eigenvalue weighted by Gasteiger charge is -2.16. The smallest absolute Gasteiger partial charge is 0.300 e. The van der Waals surface area contributed by atoms with E-state index in [1.165, 1.54) is 19.2 Å². The molecule has 1 aliphatic heterocycles. The number of Topliss-reactive ketones (excluding diaryl/α,β-unsaturated/α-hetero) is 1. The van der Waals surface area contributed by atoms with Crippen LogP contribution in [0.1, 0.15) is 15.9 Å². The highest BCUT2D eigenvalue weighted by molar-refractivity contribution is 6.52. The Morgan fingerprint density at radius 3 is 2.76 bits per heavy atom. The number of ether oxygens (including phenoxy) is 1. The van der Waals surface area contributed by atoms with Crippen molar-refractivity contribution in [3.05, 3.63) is 29.1 Å². The fraction of sp³-hybridized carbons (Fsp3) is 0.357. The average molecular weight is 294 g/mol. The van der Waals surface area contributed by atoms with Crippen molar-refractivity contribution in [1.29, 1.82) is 0 Å². The summed E-state index contributed by atoms with van der Waals surface area (Å²) in [5, 5.41) is 2.52. The monoisotopic (exact) mass is 294 g/mol. The van der Waals surface area contributed by atoms with Crippen LogP contribution in [0.5, 0.6) is 0 Å². The number of carbonyl (C=O) groups is 3. The lowest BCUT2D eigenvalue weighted by molar-refractivity contribution is -0.122. The number of rotatable bonds is 5. The third-order valence-electron chi connectivity index (χ3n) is 3.09. The number of anilines is 1. The molecule has 0 bridgehead atoms. The van der Waals surface area contributed by atoms with Crippen LogP contribution in [0.4, 0.5) is 10.1 Å². The molecule has 0 aromatic heterocycles. The zero-order valence-electron chi connectivity index (χ0n) is 11.7. The van der Waals surface area contributed by atoms with E-state index in [4.69, 9.17) is 4.74 Å². The fourth-order valence-corrected chi connectivity index (χ4v) is 2.16. The number of nitrogens with one attached hydrogen (secondary N) is 1. The second-order valence-electron chi connectivity index (χ2n) is 4.71. The number of hydrogen-bond donors (Lipinski definition) is 1. The number of ketones is 1. The van der Waals surface area contributed by atoms with Crippen molar-refractivity contribution in [2.75, 3.05) is 31.7 Å². The van der Waals surface area contributed by atoms with E-state index < -0.39 is 30.0 Å². The van der Waals surface area contributed by atoms with Crippen molar-refractivity contribution in [2.24, 2.45) is 0 Å². The number of fused-ring (bicyclic) bond motifs is 1. The highest BCUT2D eigenvalue weighted by Gasteiger charge is 2.39. The number of hydrogen-bond acceptors (Lipinski definition) is 4. The Balaban J connectivity index is 2.21. The summed E-state index contributed by atoms with van der Waals surface area (Å²) < 4.78 is 18.8. The number of aryl methyl sites for hydroxylation is 1. The zero-order valence-corrected chi connectivity index (χ0v) is 11.7. The van der Waals surface area contributed by atoms with Crippen LogP contribution in [0, 0.1) is 12.7 Å². The Kier molecular flexibility index (Phi) is 4.32. The minimum atomic E-state index is -0.892. The van der Waals surface area contributed by atoms with E-state index in [9.17, 15) is 18.8 Å². The molecule has 2 rings (SSSR count). The predicted octanol–water partition coefficient (Wildman–Crippen LogP) is 0.426. The topological polar surface area (TPSA) is 75.7 Å². The van der Waals surface area contributed by atoms with Crippen LogP contribution in [0.2, 0.25) is 0 Å². The van der Waals surface area contributed by atoms with E-state index in [0.29, 0.717) is 12.2 Å². The Bertz CT molecular complexity index is 615. The van der Waals surface area contributed by atoms with Crippen molar-refractivity contribution in [3.8, 4) is 0 Å². The van der Waals surface area contributed by atoms with Crippen LogP contribution in [-0.4, -0.2) is 44.4 Å². The van der Waals surface area contributed by atoms with Crippen LogP contribution in [0.25, 0.3) is 0 Å². The second-order valence-corrected chi connectivity index (χ2v) is 4.71. The molecule has 6 nitrogen and oxygen atoms in total. The van der Waals surface area contributed by atoms with E-state index in [1.807, 2.05) is 0 Å². The van der Waals surface area contributed by atoms with Crippen LogP contribution < -0.4 is 10.2 Å². The van der Waals surface area contributed by atoms with Gasteiger partial charge in [0.15, 0.2) is 0 Å². The molecule has 0 aliphatic carbocycles. The average Bonchev–Trinajstić information content (AvgIpc) is 2.64. The molecule has 0 atom stereocenters. The van der Waals surface area contributed by atoms with Crippen molar-refractivity contribution < 1.29 is 23.5 Å². The molecule has 2 amide bonds. The quantitative estimate of drug-likeness (QED) is 0.631. The van der Waals surface area contributed by atoms with Gasteiger partial charge in [-0.05, 0) is 24.6 Å². The third-order valence-corrected chi connectivity index (χ3v) is 3.09. The second kappa shape index (κ2) is 6.01. The maximum atomic E-state index is 14.0. The number of halogens is 1. The van der Waals surface area contributed by atoms with Crippen LogP contribution in [0.3, 0.4) is 0 Å². The molecule has 1 N–H and O–H groups in total. The molecule has 21 heavy (non-hydrogen) atoms. The molecule has 1 aromatic rings. The van der Waals surface area contributed by atoms with Gasteiger partial charge in [0.25, 0.3) is 11.7 Å². The Morgan fingerprint density at radius 1 is 1.38 bits per heavy atom. The van der Waals surface area contributed by atoms with E-state index in [0.717, 1.165) is 4.90 Å². The molecule has 1 heterocycles. The zero-order chi connectivity index (χ0) is 15.6. The summed E-state index contributed by atoms with van der Waals surface area (Å²) >= 11 is 0. The lowest BCUT2D eigenvalue weighted by Crippen LogP contribution is -2.41. The van der Waals surface area contributed by atoms with Crippen LogP contribution >= 0.6 is 0 Å². The number of nitrogens with zero attached hydrogens (tertiary/aromatic N) is 1. The molecule has 7 heteroatoms. The van der Waals surface area contributed by atoms with Crippen LogP contribution in [-0.2, 0) is 14.3 Å². The highest BCUT2D eigenvalue weighted by atomic mass is 19.1. The molecule has 1 aromatic carbocycles. The van der Waals surface area contributed by atoms with Gasteiger partial charge in [-0.1, -0.05) is 0 Å². The van der Waals surface area contributed by atoms with Gasteiger partial charge in [0.05, 0.1) is 17.9 Å². The molecule has 0 saturated heterocycles. The van der Waals surface area contributed by atoms with Crippen molar-refractivity contribution in [2.45, 2.75) is 6.92 Å². The molecular formula is C14H15FN2O4. The summed E-state index contributed by atoms with van der Waals surface area (Å²) in [6.45, 7) is 1.82. The van der Waals surface area contributed by atoms with Crippen molar-refractivity contribution in [3.63, 3.8) is 0 Å². The molecule has 0 spiro atoms. The van der Waals surface area contributed by atoms with Gasteiger partial charge in [-0.3, -0.25) is 19.3 Å². The summed E-state index contributed by atoms with van der Waals surface area (Å²) in [5.41, 5.74) is 0.415. The Hall–Kier alpha value is -2.28. The van der Waals surface area contributed by atoms with Gasteiger partial charge < -0.3 is 10.1 Å². The van der Waals surface area contributed by atoms with Gasteiger partial charge in [-0.2, -0.15) is 0 Å². The maximum absolute atomic E-state index is 14.0. The lowest BCUT2D eigenvalue weighted by atomic mass is 10.1. The Morgan fingerprint density at radius 2 is 2.10 bits per heavy atom. The fourth-order valence-electron chi connectivity index (χ4n) is 2.16. The number of benzene rings is 1. The normalized spacial score (nSPS) is 13.6. The summed E-state index contributed by atoms with van der Waals surface area (Å²) in [4.78, 5) is 36.3. The van der Waals surface area contributed by atoms with Crippen LogP contribution in [0.15, 0.2) is 12.1 Å². The third kappa shape index (κ3) is 2.92. The van der Waals surface area contributed by atoms with E-state index in [2.05, 4.69) is 5.32 Å². The van der Waals surface area contributed by atoms with E-state index in [-0.39, 0.29) is 17.8 Å². The molecule has 0 saturated carbocycles. The molecule has 112 valence electrons. The molecular weight excluding hydrogens is 279 g/mol. The minimum absolute atomic E-state index is 0.00203.